The van der Waals surface area contributed by atoms with Crippen LogP contribution in [0.4, 0.5) is 0 Å². The van der Waals surface area contributed by atoms with Gasteiger partial charge in [0.05, 0.1) is 45.6 Å². The number of hydrogen-bond donors (Lipinski definition) is 1. The third-order valence-corrected chi connectivity index (χ3v) is 7.42. The monoisotopic (exact) mass is 535 g/mol. The molecule has 0 saturated carbocycles. The molecule has 5 rings (SSSR count). The number of hydrogen-bond acceptors (Lipinski definition) is 6. The molecule has 1 unspecified atom stereocenters. The zero-order chi connectivity index (χ0) is 28.6. The second kappa shape index (κ2) is 10.8. The van der Waals surface area contributed by atoms with Crippen LogP contribution in [0, 0.1) is 0 Å². The Balaban J connectivity index is 1.83. The third-order valence-electron chi connectivity index (χ3n) is 7.42. The molecule has 3 atom stereocenters. The molecule has 0 aliphatic carbocycles. The van der Waals surface area contributed by atoms with E-state index < -0.39 is 23.3 Å². The van der Waals surface area contributed by atoms with Gasteiger partial charge < -0.3 is 14.2 Å². The normalized spacial score (nSPS) is 13.7. The highest BCUT2D eigenvalue weighted by Gasteiger charge is 2.23. The Morgan fingerprint density at radius 3 is 1.85 bits per heavy atom. The zero-order valence-electron chi connectivity index (χ0n) is 22.4. The molecule has 5 aromatic rings. The number of aliphatic hydroxyl groups is 1. The van der Waals surface area contributed by atoms with E-state index in [9.17, 15) is 24.3 Å². The number of carbonyl (C=O) groups is 2. The summed E-state index contributed by atoms with van der Waals surface area (Å²) >= 11 is 0. The number of benzene rings is 2. The van der Waals surface area contributed by atoms with E-state index in [2.05, 4.69) is 4.98 Å². The molecule has 202 valence electrons. The van der Waals surface area contributed by atoms with Crippen LogP contribution in [-0.2, 0) is 4.79 Å². The molecular weight excluding hydrogens is 506 g/mol. The molecule has 2 aromatic carbocycles. The van der Waals surface area contributed by atoms with Crippen molar-refractivity contribution >= 4 is 33.9 Å². The minimum atomic E-state index is -1.24. The van der Waals surface area contributed by atoms with Crippen LogP contribution in [0.25, 0.3) is 21.8 Å². The first-order chi connectivity index (χ1) is 19.2. The lowest BCUT2D eigenvalue weighted by molar-refractivity contribution is -0.118. The van der Waals surface area contributed by atoms with E-state index >= 15 is 0 Å². The van der Waals surface area contributed by atoms with Crippen molar-refractivity contribution in [2.45, 2.75) is 45.4 Å². The lowest BCUT2D eigenvalue weighted by Crippen LogP contribution is -2.27. The third kappa shape index (κ3) is 4.78. The van der Waals surface area contributed by atoms with Crippen molar-refractivity contribution in [3.05, 3.63) is 122 Å². The van der Waals surface area contributed by atoms with E-state index in [0.717, 1.165) is 11.1 Å². The first kappa shape index (κ1) is 26.9. The highest BCUT2D eigenvalue weighted by Crippen LogP contribution is 2.29. The van der Waals surface area contributed by atoms with Gasteiger partial charge in [0.25, 0.3) is 11.1 Å². The van der Waals surface area contributed by atoms with E-state index in [1.54, 1.807) is 0 Å². The summed E-state index contributed by atoms with van der Waals surface area (Å²) in [5.41, 5.74) is 1.67. The number of Topliss-reactive ketones (excluding diaryl/α,β-unsaturated/α-hetero) is 1. The van der Waals surface area contributed by atoms with Crippen LogP contribution in [0.2, 0.25) is 0 Å². The summed E-state index contributed by atoms with van der Waals surface area (Å²) < 4.78 is 2.95. The maximum atomic E-state index is 13.9. The molecule has 0 radical (unpaired) electrons. The average molecular weight is 536 g/mol. The Morgan fingerprint density at radius 2 is 1.35 bits per heavy atom. The minimum absolute atomic E-state index is 0.120. The van der Waals surface area contributed by atoms with Crippen LogP contribution >= 0.6 is 0 Å². The van der Waals surface area contributed by atoms with Crippen molar-refractivity contribution in [3.63, 3.8) is 0 Å². The number of aromatic nitrogens is 3. The molecule has 40 heavy (non-hydrogen) atoms. The minimum Gasteiger partial charge on any atom is -0.388 e. The van der Waals surface area contributed by atoms with Gasteiger partial charge in [-0.05, 0) is 38.0 Å². The Kier molecular flexibility index (Phi) is 7.28. The second-order valence-corrected chi connectivity index (χ2v) is 10.1. The fourth-order valence-corrected chi connectivity index (χ4v) is 5.17. The molecule has 0 fully saturated rings. The van der Waals surface area contributed by atoms with Crippen LogP contribution < -0.4 is 11.1 Å². The number of rotatable bonds is 8. The van der Waals surface area contributed by atoms with Crippen molar-refractivity contribution in [2.24, 2.45) is 0 Å². The summed E-state index contributed by atoms with van der Waals surface area (Å²) in [6.45, 7) is 5.09. The van der Waals surface area contributed by atoms with Crippen molar-refractivity contribution in [2.75, 3.05) is 0 Å². The summed E-state index contributed by atoms with van der Waals surface area (Å²) in [7, 11) is 0. The van der Waals surface area contributed by atoms with Gasteiger partial charge in [-0.2, -0.15) is 0 Å². The molecule has 8 nitrogen and oxygen atoms in total. The largest absolute Gasteiger partial charge is 0.388 e. The van der Waals surface area contributed by atoms with Crippen LogP contribution in [-0.4, -0.2) is 31.3 Å². The number of fused-ring (bicyclic) bond motifs is 2. The summed E-state index contributed by atoms with van der Waals surface area (Å²) in [4.78, 5) is 56.4. The molecule has 0 saturated heterocycles. The van der Waals surface area contributed by atoms with Crippen molar-refractivity contribution < 1.29 is 14.7 Å². The summed E-state index contributed by atoms with van der Waals surface area (Å²) in [5.74, 6) is -0.235. The molecule has 1 N–H and O–H groups in total. The molecule has 0 spiro atoms. The van der Waals surface area contributed by atoms with Crippen LogP contribution in [0.1, 0.15) is 72.4 Å². The molecule has 0 aliphatic heterocycles. The van der Waals surface area contributed by atoms with Gasteiger partial charge >= 0.3 is 0 Å². The molecule has 0 amide bonds. The number of pyridine rings is 3. The lowest BCUT2D eigenvalue weighted by atomic mass is 10.0. The number of aldehydes is 1. The van der Waals surface area contributed by atoms with E-state index in [1.807, 2.05) is 74.5 Å². The Labute approximate surface area is 230 Å². The smallest absolute Gasteiger partial charge is 0.260 e. The van der Waals surface area contributed by atoms with Gasteiger partial charge in [-0.25, -0.2) is 4.98 Å². The maximum Gasteiger partial charge on any atom is 0.260 e. The van der Waals surface area contributed by atoms with E-state index in [-0.39, 0.29) is 51.2 Å². The summed E-state index contributed by atoms with van der Waals surface area (Å²) in [6.07, 6.45) is 2.20. The average Bonchev–Trinajstić information content (AvgIpc) is 2.97. The van der Waals surface area contributed by atoms with Gasteiger partial charge in [0.2, 0.25) is 0 Å². The van der Waals surface area contributed by atoms with Crippen LogP contribution in [0.5, 0.6) is 0 Å². The van der Waals surface area contributed by atoms with Gasteiger partial charge in [-0.15, -0.1) is 0 Å². The first-order valence-electron chi connectivity index (χ1n) is 13.1. The van der Waals surface area contributed by atoms with Gasteiger partial charge in [0.1, 0.15) is 5.78 Å². The second-order valence-electron chi connectivity index (χ2n) is 10.1. The predicted octanol–water partition coefficient (Wildman–Crippen LogP) is 4.76. The summed E-state index contributed by atoms with van der Waals surface area (Å²) in [6, 6.07) is 19.5. The van der Waals surface area contributed by atoms with Gasteiger partial charge in [-0.3, -0.25) is 19.2 Å². The van der Waals surface area contributed by atoms with Crippen molar-refractivity contribution in [1.29, 1.82) is 0 Å². The quantitative estimate of drug-likeness (QED) is 0.227. The maximum absolute atomic E-state index is 13.9. The van der Waals surface area contributed by atoms with Crippen LogP contribution in [0.15, 0.2) is 88.7 Å². The number of aliphatic hydroxyl groups excluding tert-OH is 1. The Morgan fingerprint density at radius 1 is 0.850 bits per heavy atom. The highest BCUT2D eigenvalue weighted by molar-refractivity contribution is 6.00. The highest BCUT2D eigenvalue weighted by atomic mass is 16.3. The number of ketones is 1. The SMILES string of the molecule is CC(=O)CC(O)c1cn([C@@H](C)c2ccccc2)c(=O)c2cc3c(=O)n([C@@H](C)c4ccccc4)cc(C=O)c3nc12. The fraction of sp³-hybridized carbons (Fsp3) is 0.219. The molecule has 0 bridgehead atoms. The van der Waals surface area contributed by atoms with Gasteiger partial charge in [0, 0.05) is 24.4 Å². The Bertz CT molecular complexity index is 1860. The van der Waals surface area contributed by atoms with E-state index in [4.69, 9.17) is 0 Å². The predicted molar refractivity (Wildman–Crippen MR) is 154 cm³/mol. The summed E-state index contributed by atoms with van der Waals surface area (Å²) in [5, 5.41) is 11.3. The molecular formula is C32H29N3O5. The molecule has 3 heterocycles. The van der Waals surface area contributed by atoms with Gasteiger partial charge in [-0.1, -0.05) is 60.7 Å². The van der Waals surface area contributed by atoms with Crippen molar-refractivity contribution in [1.82, 2.24) is 14.1 Å². The topological polar surface area (TPSA) is 111 Å². The number of nitrogens with zero attached hydrogens (tertiary/aromatic N) is 3. The number of carbonyl (C=O) groups excluding carboxylic acids is 2. The fourth-order valence-electron chi connectivity index (χ4n) is 5.17. The first-order valence-corrected chi connectivity index (χ1v) is 13.1. The zero-order valence-corrected chi connectivity index (χ0v) is 22.4. The molecule has 8 heteroatoms. The van der Waals surface area contributed by atoms with Crippen LogP contribution in [0.3, 0.4) is 0 Å². The van der Waals surface area contributed by atoms with Gasteiger partial charge in [0.15, 0.2) is 6.29 Å². The standard InChI is InChI=1S/C32H29N3O5/c1-19(37)14-28(38)27-17-35(21(3)23-12-8-5-9-13-23)32(40)26-15-25-29(33-30(26)27)24(18-36)16-34(31(25)39)20(2)22-10-6-4-7-11-22/h4-13,15-18,20-21,28,38H,14H2,1-3H3/t20-,21-,28?/m0/s1. The van der Waals surface area contributed by atoms with E-state index in [0.29, 0.717) is 6.29 Å². The Hall–Kier alpha value is -4.69. The van der Waals surface area contributed by atoms with Crippen molar-refractivity contribution in [3.8, 4) is 0 Å². The lowest BCUT2D eigenvalue weighted by Gasteiger charge is -2.21. The molecule has 3 aromatic heterocycles. The molecule has 0 aliphatic rings. The van der Waals surface area contributed by atoms with E-state index in [1.165, 1.54) is 34.5 Å².